The molecule has 3 N–H and O–H groups in total. The van der Waals surface area contributed by atoms with Crippen LogP contribution in [0.3, 0.4) is 0 Å². The molecule has 0 aliphatic carbocycles. The summed E-state index contributed by atoms with van der Waals surface area (Å²) in [5.74, 6) is 0. The molecule has 5 heteroatoms. The molecule has 42 valence electrons. The van der Waals surface area contributed by atoms with Gasteiger partial charge < -0.3 is 17.3 Å². The number of nitrogens with two attached hydrogens (primary N) is 1. The Morgan fingerprint density at radius 1 is 2.00 bits per heavy atom. The van der Waals surface area contributed by atoms with Crippen LogP contribution >= 0.6 is 12.2 Å². The van der Waals surface area contributed by atoms with E-state index < -0.39 is 0 Å². The van der Waals surface area contributed by atoms with Crippen molar-refractivity contribution in [1.29, 1.82) is 0 Å². The number of thiocarbonyl (C=S) groups is 1. The molecule has 0 atom stereocenters. The van der Waals surface area contributed by atoms with E-state index in [2.05, 4.69) is 17.5 Å². The zero-order valence-electron chi connectivity index (χ0n) is 5.68. The summed E-state index contributed by atoms with van der Waals surface area (Å²) in [6, 6.07) is 0. The van der Waals surface area contributed by atoms with E-state index in [0.717, 1.165) is 0 Å². The van der Waals surface area contributed by atoms with E-state index in [1.807, 2.05) is 0 Å². The second-order valence-electron chi connectivity index (χ2n) is 0.912. The van der Waals surface area contributed by atoms with Crippen molar-refractivity contribution in [2.75, 3.05) is 6.54 Å². The van der Waals surface area contributed by atoms with Gasteiger partial charge in [-0.3, -0.25) is 0 Å². The van der Waals surface area contributed by atoms with Crippen molar-refractivity contribution in [3.8, 4) is 0 Å². The predicted molar refractivity (Wildman–Crippen MR) is 32.0 cm³/mol. The SMILES string of the molecule is NC(=S)NCC=O.[H-].[Na+]. The zero-order valence-corrected chi connectivity index (χ0v) is 7.49. The van der Waals surface area contributed by atoms with Crippen LogP contribution in [0.1, 0.15) is 1.43 Å². The number of hydrogen-bond acceptors (Lipinski definition) is 2. The predicted octanol–water partition coefficient (Wildman–Crippen LogP) is -3.86. The van der Waals surface area contributed by atoms with Crippen molar-refractivity contribution >= 4 is 23.6 Å². The molecular weight excluding hydrogens is 135 g/mol. The third-order valence-corrected chi connectivity index (χ3v) is 0.504. The van der Waals surface area contributed by atoms with Gasteiger partial charge in [-0.2, -0.15) is 0 Å². The van der Waals surface area contributed by atoms with Crippen LogP contribution in [0.2, 0.25) is 0 Å². The molecule has 8 heavy (non-hydrogen) atoms. The minimum Gasteiger partial charge on any atom is -1.00 e. The fourth-order valence-electron chi connectivity index (χ4n) is 0.142. The molecule has 0 bridgehead atoms. The van der Waals surface area contributed by atoms with Crippen molar-refractivity contribution in [1.82, 2.24) is 5.32 Å². The van der Waals surface area contributed by atoms with Crippen molar-refractivity contribution in [3.05, 3.63) is 0 Å². The van der Waals surface area contributed by atoms with Crippen molar-refractivity contribution in [2.24, 2.45) is 5.73 Å². The largest absolute Gasteiger partial charge is 1.00 e. The monoisotopic (exact) mass is 142 g/mol. The maximum absolute atomic E-state index is 9.53. The second-order valence-corrected chi connectivity index (χ2v) is 1.35. The first-order valence-electron chi connectivity index (χ1n) is 1.74. The van der Waals surface area contributed by atoms with Gasteiger partial charge in [0.05, 0.1) is 6.54 Å². The normalized spacial score (nSPS) is 6.50. The number of carbonyl (C=O) groups excluding carboxylic acids is 1. The average Bonchev–Trinajstić information content (AvgIpc) is 1.61. The molecular formula is C3H7N2NaOS. The van der Waals surface area contributed by atoms with Crippen LogP contribution in [0.5, 0.6) is 0 Å². The van der Waals surface area contributed by atoms with Gasteiger partial charge in [-0.1, -0.05) is 0 Å². The van der Waals surface area contributed by atoms with E-state index in [1.165, 1.54) is 0 Å². The van der Waals surface area contributed by atoms with Gasteiger partial charge in [-0.15, -0.1) is 0 Å². The van der Waals surface area contributed by atoms with Crippen LogP contribution in [0, 0.1) is 0 Å². The maximum atomic E-state index is 9.53. The Balaban J connectivity index is -0.000000180. The first-order chi connectivity index (χ1) is 3.27. The summed E-state index contributed by atoms with van der Waals surface area (Å²) >= 11 is 4.37. The molecule has 0 amide bonds. The molecule has 0 rings (SSSR count). The van der Waals surface area contributed by atoms with Gasteiger partial charge in [-0.25, -0.2) is 0 Å². The van der Waals surface area contributed by atoms with E-state index in [1.54, 1.807) is 0 Å². The molecule has 0 radical (unpaired) electrons. The van der Waals surface area contributed by atoms with Gasteiger partial charge in [0.1, 0.15) is 6.29 Å². The van der Waals surface area contributed by atoms with Gasteiger partial charge in [-0.05, 0) is 12.2 Å². The minimum absolute atomic E-state index is 0. The molecule has 0 spiro atoms. The minimum atomic E-state index is 0. The summed E-state index contributed by atoms with van der Waals surface area (Å²) in [7, 11) is 0. The average molecular weight is 142 g/mol. The van der Waals surface area contributed by atoms with Crippen LogP contribution in [0.15, 0.2) is 0 Å². The van der Waals surface area contributed by atoms with Gasteiger partial charge in [0.25, 0.3) is 0 Å². The topological polar surface area (TPSA) is 55.1 Å². The third-order valence-electron chi connectivity index (χ3n) is 0.360. The number of rotatable bonds is 2. The second kappa shape index (κ2) is 7.36. The summed E-state index contributed by atoms with van der Waals surface area (Å²) in [5, 5.41) is 2.60. The molecule has 0 unspecified atom stereocenters. The summed E-state index contributed by atoms with van der Waals surface area (Å²) in [6.07, 6.45) is 0.694. The third kappa shape index (κ3) is 9.61. The Bertz CT molecular complexity index is 91.9. The standard InChI is InChI=1S/C3H6N2OS.Na.H/c4-3(7)5-1-2-6;;/h2H,1H2,(H3,4,5,7);;/q;+1;-1. The number of hydrogen-bond donors (Lipinski definition) is 2. The van der Waals surface area contributed by atoms with Gasteiger partial charge in [0.15, 0.2) is 5.11 Å². The van der Waals surface area contributed by atoms with Gasteiger partial charge in [0.2, 0.25) is 0 Å². The number of nitrogens with one attached hydrogen (secondary N) is 1. The fraction of sp³-hybridized carbons (Fsp3) is 0.333. The van der Waals surface area contributed by atoms with Crippen LogP contribution in [0.25, 0.3) is 0 Å². The Morgan fingerprint density at radius 2 is 2.50 bits per heavy atom. The van der Waals surface area contributed by atoms with Crippen LogP contribution in [-0.4, -0.2) is 17.9 Å². The van der Waals surface area contributed by atoms with Gasteiger partial charge >= 0.3 is 29.6 Å². The molecule has 0 saturated carbocycles. The fourth-order valence-corrected chi connectivity index (χ4v) is 0.226. The molecule has 0 aliphatic rings. The first kappa shape index (κ1) is 11.2. The summed E-state index contributed by atoms with van der Waals surface area (Å²) in [6.45, 7) is 0.204. The first-order valence-corrected chi connectivity index (χ1v) is 2.15. The van der Waals surface area contributed by atoms with Crippen LogP contribution < -0.4 is 40.6 Å². The quantitative estimate of drug-likeness (QED) is 0.235. The van der Waals surface area contributed by atoms with Crippen molar-refractivity contribution in [2.45, 2.75) is 0 Å². The van der Waals surface area contributed by atoms with E-state index in [4.69, 9.17) is 5.73 Å². The van der Waals surface area contributed by atoms with E-state index in [9.17, 15) is 4.79 Å². The molecule has 0 aromatic rings. The number of carbonyl (C=O) groups is 1. The molecule has 0 fully saturated rings. The maximum Gasteiger partial charge on any atom is 1.00 e. The molecule has 3 nitrogen and oxygen atoms in total. The summed E-state index contributed by atoms with van der Waals surface area (Å²) < 4.78 is 0. The summed E-state index contributed by atoms with van der Waals surface area (Å²) in [4.78, 5) is 9.53. The smallest absolute Gasteiger partial charge is 1.00 e. The van der Waals surface area contributed by atoms with E-state index >= 15 is 0 Å². The molecule has 0 aromatic heterocycles. The Morgan fingerprint density at radius 3 is 2.62 bits per heavy atom. The molecule has 0 aliphatic heterocycles. The van der Waals surface area contributed by atoms with Gasteiger partial charge in [0, 0.05) is 0 Å². The van der Waals surface area contributed by atoms with Crippen LogP contribution in [0.4, 0.5) is 0 Å². The van der Waals surface area contributed by atoms with Crippen LogP contribution in [-0.2, 0) is 4.79 Å². The Kier molecular flexibility index (Phi) is 10.3. The Hall–Kier alpha value is 0.360. The van der Waals surface area contributed by atoms with Crippen molar-refractivity contribution < 1.29 is 35.8 Å². The van der Waals surface area contributed by atoms with E-state index in [-0.39, 0.29) is 42.6 Å². The number of aldehydes is 1. The molecule has 0 aromatic carbocycles. The van der Waals surface area contributed by atoms with E-state index in [0.29, 0.717) is 6.29 Å². The summed E-state index contributed by atoms with van der Waals surface area (Å²) in [5.41, 5.74) is 4.94. The molecule has 0 heterocycles. The Labute approximate surface area is 76.8 Å². The van der Waals surface area contributed by atoms with Crippen molar-refractivity contribution in [3.63, 3.8) is 0 Å². The zero-order chi connectivity index (χ0) is 5.70. The molecule has 0 saturated heterocycles.